The van der Waals surface area contributed by atoms with Crippen molar-refractivity contribution in [2.45, 2.75) is 0 Å². The van der Waals surface area contributed by atoms with Crippen molar-refractivity contribution >= 4 is 22.8 Å². The average Bonchev–Trinajstić information content (AvgIpc) is 2.74. The van der Waals surface area contributed by atoms with Gasteiger partial charge in [-0.05, 0) is 36.4 Å². The largest absolute Gasteiger partial charge is 0.383 e. The van der Waals surface area contributed by atoms with Gasteiger partial charge in [-0.25, -0.2) is 14.4 Å². The molecule has 7 nitrogen and oxygen atoms in total. The normalized spacial score (nSPS) is 14.4. The van der Waals surface area contributed by atoms with Crippen molar-refractivity contribution in [1.29, 1.82) is 0 Å². The fourth-order valence-corrected chi connectivity index (χ4v) is 3.12. The van der Waals surface area contributed by atoms with Gasteiger partial charge in [-0.1, -0.05) is 0 Å². The number of benzene rings is 1. The van der Waals surface area contributed by atoms with Crippen molar-refractivity contribution in [2.24, 2.45) is 0 Å². The molecule has 1 aliphatic heterocycles. The fourth-order valence-electron chi connectivity index (χ4n) is 3.12. The van der Waals surface area contributed by atoms with Gasteiger partial charge >= 0.3 is 0 Å². The molecular formula is C20H22FN5O2. The van der Waals surface area contributed by atoms with Crippen LogP contribution in [0.2, 0.25) is 0 Å². The number of methoxy groups -OCH3 is 1. The maximum Gasteiger partial charge on any atom is 0.225 e. The van der Waals surface area contributed by atoms with Gasteiger partial charge in [-0.2, -0.15) is 4.98 Å². The van der Waals surface area contributed by atoms with Crippen LogP contribution in [0.3, 0.4) is 0 Å². The molecule has 0 spiro atoms. The van der Waals surface area contributed by atoms with E-state index in [9.17, 15) is 4.39 Å². The molecule has 1 aromatic carbocycles. The van der Waals surface area contributed by atoms with Gasteiger partial charge in [0.05, 0.1) is 31.0 Å². The Labute approximate surface area is 162 Å². The maximum absolute atomic E-state index is 13.3. The van der Waals surface area contributed by atoms with Crippen molar-refractivity contribution < 1.29 is 13.9 Å². The van der Waals surface area contributed by atoms with Gasteiger partial charge in [0.1, 0.15) is 11.3 Å². The third kappa shape index (κ3) is 4.02. The first kappa shape index (κ1) is 18.5. The maximum atomic E-state index is 13.3. The number of hydrogen-bond acceptors (Lipinski definition) is 7. The van der Waals surface area contributed by atoms with E-state index >= 15 is 0 Å². The van der Waals surface area contributed by atoms with Crippen molar-refractivity contribution in [2.75, 3.05) is 56.8 Å². The molecule has 146 valence electrons. The van der Waals surface area contributed by atoms with Crippen LogP contribution < -0.4 is 10.2 Å². The molecule has 0 atom stereocenters. The van der Waals surface area contributed by atoms with E-state index in [4.69, 9.17) is 19.4 Å². The predicted molar refractivity (Wildman–Crippen MR) is 106 cm³/mol. The number of rotatable bonds is 6. The van der Waals surface area contributed by atoms with E-state index < -0.39 is 0 Å². The van der Waals surface area contributed by atoms with Gasteiger partial charge in [0.15, 0.2) is 5.82 Å². The number of ether oxygens (including phenoxy) is 2. The van der Waals surface area contributed by atoms with Crippen molar-refractivity contribution in [3.63, 3.8) is 0 Å². The minimum Gasteiger partial charge on any atom is -0.383 e. The molecule has 0 saturated carbocycles. The monoisotopic (exact) mass is 383 g/mol. The summed E-state index contributed by atoms with van der Waals surface area (Å²) in [5.41, 5.74) is 3.08. The lowest BCUT2D eigenvalue weighted by Gasteiger charge is -2.28. The highest BCUT2D eigenvalue weighted by molar-refractivity contribution is 5.88. The lowest BCUT2D eigenvalue weighted by Crippen LogP contribution is -2.37. The molecule has 3 aromatic rings. The van der Waals surface area contributed by atoms with Crippen molar-refractivity contribution in [3.8, 4) is 11.3 Å². The van der Waals surface area contributed by atoms with Crippen molar-refractivity contribution in [1.82, 2.24) is 15.0 Å². The quantitative estimate of drug-likeness (QED) is 0.656. The standard InChI is InChI=1S/C20H22FN5O2/c1-27-11-8-22-20-24-17-7-6-16(14-2-4-15(21)5-3-14)23-18(17)19(25-20)26-9-12-28-13-10-26/h2-7H,8-13H2,1H3,(H,22,24,25). The molecule has 0 bridgehead atoms. The topological polar surface area (TPSA) is 72.4 Å². The molecule has 1 fully saturated rings. The van der Waals surface area contributed by atoms with E-state index in [0.717, 1.165) is 41.2 Å². The van der Waals surface area contributed by atoms with Crippen LogP contribution in [0.5, 0.6) is 0 Å². The van der Waals surface area contributed by atoms with Crippen molar-refractivity contribution in [3.05, 3.63) is 42.2 Å². The summed E-state index contributed by atoms with van der Waals surface area (Å²) < 4.78 is 23.8. The van der Waals surface area contributed by atoms with E-state index in [1.807, 2.05) is 12.1 Å². The highest BCUT2D eigenvalue weighted by atomic mass is 19.1. The van der Waals surface area contributed by atoms with Gasteiger partial charge < -0.3 is 19.7 Å². The lowest BCUT2D eigenvalue weighted by atomic mass is 10.1. The second kappa shape index (κ2) is 8.45. The number of nitrogens with zero attached hydrogens (tertiary/aromatic N) is 4. The van der Waals surface area contributed by atoms with Crippen LogP contribution in [0.4, 0.5) is 16.2 Å². The third-order valence-electron chi connectivity index (χ3n) is 4.56. The van der Waals surface area contributed by atoms with Crippen LogP contribution in [0, 0.1) is 5.82 Å². The number of morpholine rings is 1. The van der Waals surface area contributed by atoms with Gasteiger partial charge in [-0.15, -0.1) is 0 Å². The zero-order valence-corrected chi connectivity index (χ0v) is 15.7. The first-order chi connectivity index (χ1) is 13.7. The molecule has 0 amide bonds. The van der Waals surface area contributed by atoms with Gasteiger partial charge in [0, 0.05) is 32.3 Å². The predicted octanol–water partition coefficient (Wildman–Crippen LogP) is 2.73. The van der Waals surface area contributed by atoms with Crippen LogP contribution in [0.1, 0.15) is 0 Å². The Balaban J connectivity index is 1.76. The second-order valence-electron chi connectivity index (χ2n) is 6.46. The highest BCUT2D eigenvalue weighted by Gasteiger charge is 2.19. The minimum atomic E-state index is -0.270. The molecule has 0 unspecified atom stereocenters. The number of hydrogen-bond donors (Lipinski definition) is 1. The Morgan fingerprint density at radius 1 is 1.07 bits per heavy atom. The van der Waals surface area contributed by atoms with Gasteiger partial charge in [-0.3, -0.25) is 0 Å². The number of anilines is 2. The van der Waals surface area contributed by atoms with E-state index in [1.54, 1.807) is 19.2 Å². The van der Waals surface area contributed by atoms with E-state index in [-0.39, 0.29) is 5.82 Å². The third-order valence-corrected chi connectivity index (χ3v) is 4.56. The van der Waals surface area contributed by atoms with E-state index in [0.29, 0.717) is 32.3 Å². The Morgan fingerprint density at radius 2 is 1.86 bits per heavy atom. The van der Waals surface area contributed by atoms with Crippen LogP contribution >= 0.6 is 0 Å². The zero-order valence-electron chi connectivity index (χ0n) is 15.7. The number of pyridine rings is 1. The SMILES string of the molecule is COCCNc1nc(N2CCOCC2)c2nc(-c3ccc(F)cc3)ccc2n1. The molecule has 1 N–H and O–H groups in total. The molecular weight excluding hydrogens is 361 g/mol. The number of nitrogens with one attached hydrogen (secondary N) is 1. The van der Waals surface area contributed by atoms with Crippen LogP contribution in [-0.4, -0.2) is 61.5 Å². The van der Waals surface area contributed by atoms with Crippen LogP contribution in [-0.2, 0) is 9.47 Å². The molecule has 1 saturated heterocycles. The van der Waals surface area contributed by atoms with E-state index in [1.165, 1.54) is 12.1 Å². The summed E-state index contributed by atoms with van der Waals surface area (Å²) in [6.07, 6.45) is 0. The van der Waals surface area contributed by atoms with Crippen LogP contribution in [0.15, 0.2) is 36.4 Å². The summed E-state index contributed by atoms with van der Waals surface area (Å²) >= 11 is 0. The number of halogens is 1. The van der Waals surface area contributed by atoms with Crippen LogP contribution in [0.25, 0.3) is 22.3 Å². The Hall–Kier alpha value is -2.84. The molecule has 28 heavy (non-hydrogen) atoms. The molecule has 2 aromatic heterocycles. The smallest absolute Gasteiger partial charge is 0.225 e. The van der Waals surface area contributed by atoms with Gasteiger partial charge in [0.25, 0.3) is 0 Å². The summed E-state index contributed by atoms with van der Waals surface area (Å²) in [5.74, 6) is 1.05. The summed E-state index contributed by atoms with van der Waals surface area (Å²) in [4.78, 5) is 16.3. The molecule has 0 aliphatic carbocycles. The Morgan fingerprint density at radius 3 is 2.61 bits per heavy atom. The fraction of sp³-hybridized carbons (Fsp3) is 0.350. The summed E-state index contributed by atoms with van der Waals surface area (Å²) in [6, 6.07) is 10.1. The first-order valence-corrected chi connectivity index (χ1v) is 9.25. The van der Waals surface area contributed by atoms with Gasteiger partial charge in [0.2, 0.25) is 5.95 Å². The Bertz CT molecular complexity index is 945. The molecule has 4 rings (SSSR count). The van der Waals surface area contributed by atoms with E-state index in [2.05, 4.69) is 15.2 Å². The zero-order chi connectivity index (χ0) is 19.3. The summed E-state index contributed by atoms with van der Waals surface area (Å²) in [5, 5.41) is 3.20. The second-order valence-corrected chi connectivity index (χ2v) is 6.46. The number of aromatic nitrogens is 3. The number of fused-ring (bicyclic) bond motifs is 1. The first-order valence-electron chi connectivity index (χ1n) is 9.25. The summed E-state index contributed by atoms with van der Waals surface area (Å²) in [7, 11) is 1.66. The Kier molecular flexibility index (Phi) is 5.59. The molecule has 3 heterocycles. The average molecular weight is 383 g/mol. The summed E-state index contributed by atoms with van der Waals surface area (Å²) in [6.45, 7) is 3.96. The molecule has 8 heteroatoms. The molecule has 1 aliphatic rings. The molecule has 0 radical (unpaired) electrons. The minimum absolute atomic E-state index is 0.270. The highest BCUT2D eigenvalue weighted by Crippen LogP contribution is 2.28. The lowest BCUT2D eigenvalue weighted by molar-refractivity contribution is 0.122.